The zero-order chi connectivity index (χ0) is 15.4. The Hall–Kier alpha value is -0.300. The Labute approximate surface area is 125 Å². The van der Waals surface area contributed by atoms with Gasteiger partial charge in [0.25, 0.3) is 5.24 Å². The maximum Gasteiger partial charge on any atom is 0.261 e. The molecule has 0 spiro atoms. The third-order valence-electron chi connectivity index (χ3n) is 2.79. The largest absolute Gasteiger partial charge is 0.377 e. The molecule has 6 heteroatoms. The van der Waals surface area contributed by atoms with E-state index in [-0.39, 0.29) is 11.3 Å². The maximum absolute atomic E-state index is 11.8. The van der Waals surface area contributed by atoms with E-state index in [9.17, 15) is 4.79 Å². The van der Waals surface area contributed by atoms with Crippen LogP contribution in [0.3, 0.4) is 0 Å². The smallest absolute Gasteiger partial charge is 0.261 e. The molecule has 0 aromatic heterocycles. The van der Waals surface area contributed by atoms with Crippen LogP contribution in [0.4, 0.5) is 4.79 Å². The molecule has 0 aliphatic carbocycles. The Morgan fingerprint density at radius 1 is 1.05 bits per heavy atom. The van der Waals surface area contributed by atoms with Crippen LogP contribution in [0.5, 0.6) is 0 Å². The quantitative estimate of drug-likeness (QED) is 0.595. The summed E-state index contributed by atoms with van der Waals surface area (Å²) in [6.07, 6.45) is 4.29. The second kappa shape index (κ2) is 11.4. The molecule has 0 atom stereocenters. The van der Waals surface area contributed by atoms with Gasteiger partial charge in [-0.05, 0) is 32.1 Å². The van der Waals surface area contributed by atoms with Crippen molar-refractivity contribution in [3.63, 3.8) is 0 Å². The fourth-order valence-corrected chi connectivity index (χ4v) is 1.97. The summed E-state index contributed by atoms with van der Waals surface area (Å²) in [6, 6.07) is 0. The second-order valence-corrected chi connectivity index (χ2v) is 9.21. The fourth-order valence-electron chi connectivity index (χ4n) is 1.22. The van der Waals surface area contributed by atoms with E-state index in [0.29, 0.717) is 39.6 Å². The fraction of sp³-hybridized carbons (Fsp3) is 0.929. The highest BCUT2D eigenvalue weighted by atomic mass is 32.3. The van der Waals surface area contributed by atoms with E-state index in [2.05, 4.69) is 5.32 Å². The minimum atomic E-state index is -1.16. The van der Waals surface area contributed by atoms with Gasteiger partial charge in [0.2, 0.25) is 0 Å². The first-order chi connectivity index (χ1) is 9.40. The Bertz CT molecular complexity index is 260. The molecule has 0 unspecified atom stereocenters. The molecule has 0 bridgehead atoms. The lowest BCUT2D eigenvalue weighted by atomic mass is 10.5. The zero-order valence-corrected chi connectivity index (χ0v) is 14.4. The van der Waals surface area contributed by atoms with Crippen molar-refractivity contribution >= 4 is 15.3 Å². The number of nitrogens with one attached hydrogen (secondary N) is 1. The van der Waals surface area contributed by atoms with Gasteiger partial charge < -0.3 is 19.5 Å². The number of carbonyl (C=O) groups is 1. The Balaban J connectivity index is 3.31. The van der Waals surface area contributed by atoms with E-state index in [1.54, 1.807) is 0 Å². The molecule has 0 aromatic carbocycles. The molecule has 0 rings (SSSR count). The molecule has 0 aliphatic heterocycles. The standard InChI is InChI=1S/C14H31NO4S/c1-6-20(4,5)14(16)15-7-8-17-9-10-18-11-12-19-13(2)3/h13H,6-12H2,1-5H3,(H,15,16). The van der Waals surface area contributed by atoms with E-state index >= 15 is 0 Å². The molecule has 1 N–H and O–H groups in total. The number of ether oxygens (including phenoxy) is 3. The molecule has 0 radical (unpaired) electrons. The normalized spacial score (nSPS) is 12.7. The van der Waals surface area contributed by atoms with Gasteiger partial charge in [-0.1, -0.05) is 6.92 Å². The number of hydrogen-bond acceptors (Lipinski definition) is 4. The predicted octanol–water partition coefficient (Wildman–Crippen LogP) is 2.24. The second-order valence-electron chi connectivity index (χ2n) is 5.19. The molecular weight excluding hydrogens is 278 g/mol. The van der Waals surface area contributed by atoms with Crippen LogP contribution in [0.2, 0.25) is 0 Å². The summed E-state index contributed by atoms with van der Waals surface area (Å²) in [5, 5.41) is 3.07. The molecular formula is C14H31NO4S. The van der Waals surface area contributed by atoms with Gasteiger partial charge in [-0.2, -0.15) is 10.0 Å². The number of amides is 1. The molecule has 0 aromatic rings. The number of carbonyl (C=O) groups excluding carboxylic acids is 1. The van der Waals surface area contributed by atoms with E-state index in [4.69, 9.17) is 14.2 Å². The van der Waals surface area contributed by atoms with Crippen LogP contribution in [-0.2, 0) is 14.2 Å². The Morgan fingerprint density at radius 2 is 1.60 bits per heavy atom. The summed E-state index contributed by atoms with van der Waals surface area (Å²) in [5.74, 6) is 0.909. The molecule has 20 heavy (non-hydrogen) atoms. The lowest BCUT2D eigenvalue weighted by Gasteiger charge is -2.27. The lowest BCUT2D eigenvalue weighted by molar-refractivity contribution is -0.000832. The third kappa shape index (κ3) is 10.5. The highest BCUT2D eigenvalue weighted by molar-refractivity contribution is 8.44. The highest BCUT2D eigenvalue weighted by Crippen LogP contribution is 2.39. The predicted molar refractivity (Wildman–Crippen MR) is 86.1 cm³/mol. The summed E-state index contributed by atoms with van der Waals surface area (Å²) in [5.41, 5.74) is 0. The summed E-state index contributed by atoms with van der Waals surface area (Å²) in [4.78, 5) is 11.8. The summed E-state index contributed by atoms with van der Waals surface area (Å²) in [6.45, 7) is 9.43. The first-order valence-corrected chi connectivity index (χ1v) is 9.78. The van der Waals surface area contributed by atoms with Crippen LogP contribution in [0.1, 0.15) is 20.8 Å². The van der Waals surface area contributed by atoms with Crippen LogP contribution < -0.4 is 5.32 Å². The summed E-state index contributed by atoms with van der Waals surface area (Å²) in [7, 11) is -1.16. The molecule has 122 valence electrons. The zero-order valence-electron chi connectivity index (χ0n) is 13.6. The highest BCUT2D eigenvalue weighted by Gasteiger charge is 2.18. The molecule has 0 fully saturated rings. The third-order valence-corrected chi connectivity index (χ3v) is 5.38. The van der Waals surface area contributed by atoms with Crippen molar-refractivity contribution in [3.8, 4) is 0 Å². The average Bonchev–Trinajstić information content (AvgIpc) is 2.40. The van der Waals surface area contributed by atoms with Gasteiger partial charge in [0.05, 0.1) is 39.1 Å². The average molecular weight is 309 g/mol. The Morgan fingerprint density at radius 3 is 2.15 bits per heavy atom. The minimum absolute atomic E-state index is 0.158. The minimum Gasteiger partial charge on any atom is -0.377 e. The van der Waals surface area contributed by atoms with Crippen LogP contribution in [0, 0.1) is 0 Å². The van der Waals surface area contributed by atoms with Crippen LogP contribution in [0.15, 0.2) is 0 Å². The first kappa shape index (κ1) is 19.7. The summed E-state index contributed by atoms with van der Waals surface area (Å²) < 4.78 is 16.1. The van der Waals surface area contributed by atoms with Crippen molar-refractivity contribution in [2.45, 2.75) is 26.9 Å². The van der Waals surface area contributed by atoms with Crippen molar-refractivity contribution in [3.05, 3.63) is 0 Å². The van der Waals surface area contributed by atoms with E-state index in [1.165, 1.54) is 0 Å². The number of rotatable bonds is 11. The molecule has 0 aliphatic rings. The van der Waals surface area contributed by atoms with Gasteiger partial charge in [-0.3, -0.25) is 4.79 Å². The molecule has 0 heterocycles. The van der Waals surface area contributed by atoms with Crippen LogP contribution in [0.25, 0.3) is 0 Å². The first-order valence-electron chi connectivity index (χ1n) is 7.16. The van der Waals surface area contributed by atoms with Crippen molar-refractivity contribution in [2.75, 3.05) is 57.8 Å². The van der Waals surface area contributed by atoms with Crippen LogP contribution >= 0.6 is 10.0 Å². The van der Waals surface area contributed by atoms with Gasteiger partial charge in [-0.25, -0.2) is 0 Å². The lowest BCUT2D eigenvalue weighted by Crippen LogP contribution is -2.30. The monoisotopic (exact) mass is 309 g/mol. The van der Waals surface area contributed by atoms with E-state index in [0.717, 1.165) is 5.75 Å². The molecule has 1 amide bonds. The van der Waals surface area contributed by atoms with Crippen molar-refractivity contribution in [1.29, 1.82) is 0 Å². The van der Waals surface area contributed by atoms with Gasteiger partial charge >= 0.3 is 0 Å². The van der Waals surface area contributed by atoms with Gasteiger partial charge in [0.15, 0.2) is 0 Å². The number of hydrogen-bond donors (Lipinski definition) is 1. The van der Waals surface area contributed by atoms with Crippen molar-refractivity contribution < 1.29 is 19.0 Å². The Kier molecular flexibility index (Phi) is 11.2. The SMILES string of the molecule is CCS(C)(C)C(=O)NCCOCCOCCOC(C)C. The van der Waals surface area contributed by atoms with E-state index in [1.807, 2.05) is 33.3 Å². The summed E-state index contributed by atoms with van der Waals surface area (Å²) >= 11 is 0. The molecule has 0 saturated heterocycles. The topological polar surface area (TPSA) is 56.8 Å². The van der Waals surface area contributed by atoms with E-state index < -0.39 is 10.0 Å². The van der Waals surface area contributed by atoms with Gasteiger partial charge in [-0.15, -0.1) is 0 Å². The molecule has 0 saturated carbocycles. The van der Waals surface area contributed by atoms with Crippen molar-refractivity contribution in [2.24, 2.45) is 0 Å². The van der Waals surface area contributed by atoms with Gasteiger partial charge in [0.1, 0.15) is 0 Å². The molecule has 5 nitrogen and oxygen atoms in total. The van der Waals surface area contributed by atoms with Crippen LogP contribution in [-0.4, -0.2) is 69.2 Å². The maximum atomic E-state index is 11.8. The van der Waals surface area contributed by atoms with Gasteiger partial charge in [0, 0.05) is 6.54 Å². The van der Waals surface area contributed by atoms with Crippen molar-refractivity contribution in [1.82, 2.24) is 5.32 Å².